The van der Waals surface area contributed by atoms with Crippen molar-refractivity contribution in [3.05, 3.63) is 29.8 Å². The molecule has 23 heavy (non-hydrogen) atoms. The molecule has 1 amide bonds. The topological polar surface area (TPSA) is 58.6 Å². The Hall–Kier alpha value is -1.76. The van der Waals surface area contributed by atoms with Gasteiger partial charge in [-0.25, -0.2) is 0 Å². The number of amides is 1. The molecule has 1 aromatic carbocycles. The molecule has 0 bridgehead atoms. The van der Waals surface area contributed by atoms with Crippen molar-refractivity contribution >= 4 is 5.91 Å². The minimum atomic E-state index is -4.71. The average molecular weight is 331 g/mol. The number of rotatable bonds is 6. The van der Waals surface area contributed by atoms with Gasteiger partial charge in [-0.2, -0.15) is 0 Å². The Bertz CT molecular complexity index is 538. The summed E-state index contributed by atoms with van der Waals surface area (Å²) in [5.74, 6) is -0.806. The fraction of sp³-hybridized carbons (Fsp3) is 0.562. The van der Waals surface area contributed by atoms with E-state index in [0.717, 1.165) is 12.0 Å². The number of halogens is 3. The molecule has 0 heterocycles. The largest absolute Gasteiger partial charge is 0.573 e. The molecule has 0 aromatic heterocycles. The molecule has 1 aromatic rings. The van der Waals surface area contributed by atoms with Crippen molar-refractivity contribution in [3.63, 3.8) is 0 Å². The molecule has 2 N–H and O–H groups in total. The molecule has 0 spiro atoms. The number of aliphatic hydroxyl groups is 1. The molecule has 1 saturated carbocycles. The predicted molar refractivity (Wildman–Crippen MR) is 77.8 cm³/mol. The lowest BCUT2D eigenvalue weighted by Gasteiger charge is -2.36. The first-order chi connectivity index (χ1) is 10.7. The van der Waals surface area contributed by atoms with Crippen LogP contribution in [0, 0.1) is 5.92 Å². The van der Waals surface area contributed by atoms with Gasteiger partial charge in [0.2, 0.25) is 5.91 Å². The molecule has 0 radical (unpaired) electrons. The smallest absolute Gasteiger partial charge is 0.406 e. The summed E-state index contributed by atoms with van der Waals surface area (Å²) in [6.07, 6.45) is -1.95. The van der Waals surface area contributed by atoms with Crippen molar-refractivity contribution in [3.8, 4) is 5.75 Å². The standard InChI is InChI=1S/C16H20F3NO3/c1-11(14(21)20-10-15(22)7-2-8-15)9-12-3-5-13(6-4-12)23-16(17,18)19/h3-6,11,22H,2,7-10H2,1H3,(H,20,21). The number of carbonyl (C=O) groups is 1. The van der Waals surface area contributed by atoms with Gasteiger partial charge in [0.15, 0.2) is 0 Å². The van der Waals surface area contributed by atoms with Crippen LogP contribution in [0.15, 0.2) is 24.3 Å². The van der Waals surface area contributed by atoms with Crippen LogP contribution in [0.5, 0.6) is 5.75 Å². The van der Waals surface area contributed by atoms with Crippen molar-refractivity contribution in [2.45, 2.75) is 44.6 Å². The Morgan fingerprint density at radius 1 is 1.35 bits per heavy atom. The molecule has 1 unspecified atom stereocenters. The van der Waals surface area contributed by atoms with Crippen molar-refractivity contribution in [1.29, 1.82) is 0 Å². The summed E-state index contributed by atoms with van der Waals surface area (Å²) in [6.45, 7) is 1.98. The molecule has 1 aliphatic rings. The van der Waals surface area contributed by atoms with E-state index in [9.17, 15) is 23.1 Å². The summed E-state index contributed by atoms with van der Waals surface area (Å²) in [5, 5.41) is 12.7. The van der Waals surface area contributed by atoms with Crippen LogP contribution in [0.1, 0.15) is 31.7 Å². The summed E-state index contributed by atoms with van der Waals surface area (Å²) in [5.41, 5.74) is -0.0316. The molecule has 0 saturated heterocycles. The van der Waals surface area contributed by atoms with Crippen LogP contribution >= 0.6 is 0 Å². The Labute approximate surface area is 132 Å². The van der Waals surface area contributed by atoms with Gasteiger partial charge in [0.1, 0.15) is 5.75 Å². The van der Waals surface area contributed by atoms with Crippen LogP contribution < -0.4 is 10.1 Å². The highest BCUT2D eigenvalue weighted by Crippen LogP contribution is 2.30. The molecule has 1 atom stereocenters. The predicted octanol–water partition coefficient (Wildman–Crippen LogP) is 2.80. The lowest BCUT2D eigenvalue weighted by molar-refractivity contribution is -0.274. The van der Waals surface area contributed by atoms with Crippen molar-refractivity contribution in [2.24, 2.45) is 5.92 Å². The van der Waals surface area contributed by atoms with Gasteiger partial charge in [0, 0.05) is 12.5 Å². The third-order valence-corrected chi connectivity index (χ3v) is 4.02. The zero-order chi connectivity index (χ0) is 17.1. The lowest BCUT2D eigenvalue weighted by atomic mass is 9.80. The molecule has 2 rings (SSSR count). The number of alkyl halides is 3. The number of benzene rings is 1. The SMILES string of the molecule is CC(Cc1ccc(OC(F)(F)F)cc1)C(=O)NCC1(O)CCC1. The van der Waals surface area contributed by atoms with Crippen LogP contribution in [0.2, 0.25) is 0 Å². The molecular formula is C16H20F3NO3. The summed E-state index contributed by atoms with van der Waals surface area (Å²) < 4.78 is 40.0. The molecule has 1 fully saturated rings. The molecule has 1 aliphatic carbocycles. The zero-order valence-corrected chi connectivity index (χ0v) is 12.8. The van der Waals surface area contributed by atoms with Crippen LogP contribution in [0.4, 0.5) is 13.2 Å². The van der Waals surface area contributed by atoms with Gasteiger partial charge in [-0.3, -0.25) is 4.79 Å². The van der Waals surface area contributed by atoms with Gasteiger partial charge in [-0.1, -0.05) is 19.1 Å². The van der Waals surface area contributed by atoms with Crippen LogP contribution in [-0.2, 0) is 11.2 Å². The summed E-state index contributed by atoms with van der Waals surface area (Å²) in [6, 6.07) is 5.46. The Balaban J connectivity index is 1.82. The normalized spacial score (nSPS) is 18.0. The van der Waals surface area contributed by atoms with Crippen molar-refractivity contribution < 1.29 is 27.8 Å². The number of nitrogens with one attached hydrogen (secondary N) is 1. The van der Waals surface area contributed by atoms with Gasteiger partial charge in [-0.15, -0.1) is 13.2 Å². The highest BCUT2D eigenvalue weighted by molar-refractivity contribution is 5.78. The van der Waals surface area contributed by atoms with E-state index < -0.39 is 12.0 Å². The Morgan fingerprint density at radius 3 is 2.43 bits per heavy atom. The number of hydrogen-bond donors (Lipinski definition) is 2. The van der Waals surface area contributed by atoms with Crippen LogP contribution in [0.25, 0.3) is 0 Å². The van der Waals surface area contributed by atoms with Gasteiger partial charge in [-0.05, 0) is 43.4 Å². The van der Waals surface area contributed by atoms with Crippen LogP contribution in [-0.4, -0.2) is 29.5 Å². The fourth-order valence-electron chi connectivity index (χ4n) is 2.46. The van der Waals surface area contributed by atoms with Crippen molar-refractivity contribution in [2.75, 3.05) is 6.54 Å². The quantitative estimate of drug-likeness (QED) is 0.843. The minimum Gasteiger partial charge on any atom is -0.406 e. The number of carbonyl (C=O) groups excluding carboxylic acids is 1. The Morgan fingerprint density at radius 2 is 1.96 bits per heavy atom. The fourth-order valence-corrected chi connectivity index (χ4v) is 2.46. The molecule has 4 nitrogen and oxygen atoms in total. The zero-order valence-electron chi connectivity index (χ0n) is 12.8. The second kappa shape index (κ2) is 6.78. The third-order valence-electron chi connectivity index (χ3n) is 4.02. The first-order valence-electron chi connectivity index (χ1n) is 7.52. The summed E-state index contributed by atoms with van der Waals surface area (Å²) >= 11 is 0. The molecule has 7 heteroatoms. The molecule has 128 valence electrons. The van der Waals surface area contributed by atoms with Gasteiger partial charge < -0.3 is 15.2 Å². The van der Waals surface area contributed by atoms with Gasteiger partial charge >= 0.3 is 6.36 Å². The maximum absolute atomic E-state index is 12.1. The first kappa shape index (κ1) is 17.6. The maximum Gasteiger partial charge on any atom is 0.573 e. The summed E-state index contributed by atoms with van der Waals surface area (Å²) in [7, 11) is 0. The van der Waals surface area contributed by atoms with E-state index in [1.165, 1.54) is 24.3 Å². The second-order valence-corrected chi connectivity index (χ2v) is 6.09. The Kier molecular flexibility index (Phi) is 5.19. The lowest BCUT2D eigenvalue weighted by Crippen LogP contribution is -2.48. The first-order valence-corrected chi connectivity index (χ1v) is 7.52. The average Bonchev–Trinajstić information content (AvgIpc) is 2.43. The number of hydrogen-bond acceptors (Lipinski definition) is 3. The van der Waals surface area contributed by atoms with E-state index in [1.54, 1.807) is 6.92 Å². The highest BCUT2D eigenvalue weighted by Gasteiger charge is 2.35. The second-order valence-electron chi connectivity index (χ2n) is 6.09. The maximum atomic E-state index is 12.1. The monoisotopic (exact) mass is 331 g/mol. The van der Waals surface area contributed by atoms with Gasteiger partial charge in [0.05, 0.1) is 5.60 Å². The van der Waals surface area contributed by atoms with E-state index in [4.69, 9.17) is 0 Å². The van der Waals surface area contributed by atoms with E-state index in [1.807, 2.05) is 0 Å². The molecular weight excluding hydrogens is 311 g/mol. The summed E-state index contributed by atoms with van der Waals surface area (Å²) in [4.78, 5) is 12.0. The highest BCUT2D eigenvalue weighted by atomic mass is 19.4. The third kappa shape index (κ3) is 5.42. The van der Waals surface area contributed by atoms with Crippen LogP contribution in [0.3, 0.4) is 0 Å². The van der Waals surface area contributed by atoms with Gasteiger partial charge in [0.25, 0.3) is 0 Å². The number of ether oxygens (including phenoxy) is 1. The van der Waals surface area contributed by atoms with E-state index in [2.05, 4.69) is 10.1 Å². The van der Waals surface area contributed by atoms with E-state index in [0.29, 0.717) is 19.3 Å². The minimum absolute atomic E-state index is 0.180. The van der Waals surface area contributed by atoms with E-state index >= 15 is 0 Å². The van der Waals surface area contributed by atoms with Crippen molar-refractivity contribution in [1.82, 2.24) is 5.32 Å². The molecule has 0 aliphatic heterocycles. The van der Waals surface area contributed by atoms with E-state index in [-0.39, 0.29) is 24.1 Å².